The molecule has 1 aromatic rings. The van der Waals surface area contributed by atoms with Gasteiger partial charge in [0.25, 0.3) is 0 Å². The number of nitrogens with one attached hydrogen (secondary N) is 1. The van der Waals surface area contributed by atoms with Gasteiger partial charge >= 0.3 is 0 Å². The predicted octanol–water partition coefficient (Wildman–Crippen LogP) is 2.70. The van der Waals surface area contributed by atoms with E-state index in [0.29, 0.717) is 10.7 Å². The molecule has 0 saturated carbocycles. The summed E-state index contributed by atoms with van der Waals surface area (Å²) in [5, 5.41) is 3.91. The molecule has 108 valence electrons. The Morgan fingerprint density at radius 2 is 1.80 bits per heavy atom. The van der Waals surface area contributed by atoms with Crippen LogP contribution in [0.4, 0.5) is 5.69 Å². The van der Waals surface area contributed by atoms with Crippen molar-refractivity contribution in [3.63, 3.8) is 0 Å². The standard InChI is InChI=1S/C15H20N2O2S/c1-10-8-17(9-11(2)19-10)15(20)16-14-6-4-13(5-7-14)12(3)18/h4-7,10-11H,8-9H2,1-3H3,(H,16,20). The lowest BCUT2D eigenvalue weighted by Crippen LogP contribution is -2.49. The Morgan fingerprint density at radius 3 is 2.30 bits per heavy atom. The lowest BCUT2D eigenvalue weighted by molar-refractivity contribution is -0.0473. The number of carbonyl (C=O) groups excluding carboxylic acids is 1. The average molecular weight is 292 g/mol. The number of thiocarbonyl (C=S) groups is 1. The second kappa shape index (κ2) is 6.33. The molecule has 20 heavy (non-hydrogen) atoms. The number of ether oxygens (including phenoxy) is 1. The minimum absolute atomic E-state index is 0.0648. The molecular weight excluding hydrogens is 272 g/mol. The van der Waals surface area contributed by atoms with Crippen molar-refractivity contribution in [2.45, 2.75) is 33.0 Å². The van der Waals surface area contributed by atoms with Crippen LogP contribution in [-0.2, 0) is 4.74 Å². The average Bonchev–Trinajstić information content (AvgIpc) is 2.38. The molecule has 0 spiro atoms. The number of Topliss-reactive ketones (excluding diaryl/α,β-unsaturated/α-hetero) is 1. The monoisotopic (exact) mass is 292 g/mol. The van der Waals surface area contributed by atoms with Crippen molar-refractivity contribution < 1.29 is 9.53 Å². The number of carbonyl (C=O) groups is 1. The molecule has 0 bridgehead atoms. The topological polar surface area (TPSA) is 41.6 Å². The first kappa shape index (κ1) is 14.9. The first-order chi connectivity index (χ1) is 9.45. The summed E-state index contributed by atoms with van der Waals surface area (Å²) in [4.78, 5) is 13.3. The van der Waals surface area contributed by atoms with Crippen molar-refractivity contribution in [2.75, 3.05) is 18.4 Å². The molecule has 1 aliphatic heterocycles. The fourth-order valence-corrected chi connectivity index (χ4v) is 2.60. The van der Waals surface area contributed by atoms with E-state index >= 15 is 0 Å². The summed E-state index contributed by atoms with van der Waals surface area (Å²) in [6.07, 6.45) is 0.358. The van der Waals surface area contributed by atoms with Gasteiger partial charge in [-0.15, -0.1) is 0 Å². The van der Waals surface area contributed by atoms with Crippen LogP contribution in [0.5, 0.6) is 0 Å². The number of hydrogen-bond donors (Lipinski definition) is 1. The highest BCUT2D eigenvalue weighted by molar-refractivity contribution is 7.80. The van der Waals surface area contributed by atoms with Gasteiger partial charge in [0.1, 0.15) is 0 Å². The Hall–Kier alpha value is -1.46. The van der Waals surface area contributed by atoms with Gasteiger partial charge in [0, 0.05) is 24.3 Å². The van der Waals surface area contributed by atoms with Crippen LogP contribution in [0.2, 0.25) is 0 Å². The maximum Gasteiger partial charge on any atom is 0.173 e. The number of nitrogens with zero attached hydrogens (tertiary/aromatic N) is 1. The predicted molar refractivity (Wildman–Crippen MR) is 84.2 cm³/mol. The molecule has 2 rings (SSSR count). The van der Waals surface area contributed by atoms with Crippen molar-refractivity contribution in [1.29, 1.82) is 0 Å². The number of anilines is 1. The van der Waals surface area contributed by atoms with Gasteiger partial charge in [-0.05, 0) is 57.3 Å². The normalized spacial score (nSPS) is 22.4. The van der Waals surface area contributed by atoms with E-state index in [2.05, 4.69) is 10.2 Å². The number of ketones is 1. The molecule has 5 heteroatoms. The van der Waals surface area contributed by atoms with Crippen LogP contribution in [0.3, 0.4) is 0 Å². The minimum atomic E-state index is 0.0648. The second-order valence-electron chi connectivity index (χ2n) is 5.23. The van der Waals surface area contributed by atoms with Gasteiger partial charge in [-0.2, -0.15) is 0 Å². The van der Waals surface area contributed by atoms with E-state index in [0.717, 1.165) is 18.8 Å². The summed E-state index contributed by atoms with van der Waals surface area (Å²) in [6, 6.07) is 7.35. The Morgan fingerprint density at radius 1 is 1.25 bits per heavy atom. The van der Waals surface area contributed by atoms with Gasteiger partial charge in [0.05, 0.1) is 12.2 Å². The third-order valence-corrected chi connectivity index (χ3v) is 3.61. The van der Waals surface area contributed by atoms with Crippen molar-refractivity contribution in [3.8, 4) is 0 Å². The molecule has 0 radical (unpaired) electrons. The van der Waals surface area contributed by atoms with E-state index in [1.165, 1.54) is 0 Å². The quantitative estimate of drug-likeness (QED) is 0.670. The van der Waals surface area contributed by atoms with Crippen LogP contribution in [-0.4, -0.2) is 41.1 Å². The zero-order chi connectivity index (χ0) is 14.7. The molecule has 1 aromatic carbocycles. The Labute approximate surface area is 125 Å². The highest BCUT2D eigenvalue weighted by Crippen LogP contribution is 2.14. The SMILES string of the molecule is CC(=O)c1ccc(NC(=S)N2CC(C)OC(C)C2)cc1. The molecule has 1 saturated heterocycles. The largest absolute Gasteiger partial charge is 0.372 e. The third-order valence-electron chi connectivity index (χ3n) is 3.25. The summed E-state index contributed by atoms with van der Waals surface area (Å²) in [5.41, 5.74) is 1.60. The van der Waals surface area contributed by atoms with Gasteiger partial charge < -0.3 is 15.0 Å². The molecule has 0 aromatic heterocycles. The van der Waals surface area contributed by atoms with Crippen LogP contribution >= 0.6 is 12.2 Å². The summed E-state index contributed by atoms with van der Waals surface area (Å²) in [6.45, 7) is 7.24. The van der Waals surface area contributed by atoms with Crippen molar-refractivity contribution in [3.05, 3.63) is 29.8 Å². The molecule has 0 aliphatic carbocycles. The smallest absolute Gasteiger partial charge is 0.173 e. The van der Waals surface area contributed by atoms with E-state index in [9.17, 15) is 4.79 Å². The van der Waals surface area contributed by atoms with Gasteiger partial charge in [0.2, 0.25) is 0 Å². The Bertz CT molecular complexity index is 491. The molecule has 4 nitrogen and oxygen atoms in total. The number of rotatable bonds is 2. The summed E-state index contributed by atoms with van der Waals surface area (Å²) in [7, 11) is 0. The molecule has 1 heterocycles. The van der Waals surface area contributed by atoms with E-state index in [1.54, 1.807) is 19.1 Å². The van der Waals surface area contributed by atoms with Crippen LogP contribution in [0.1, 0.15) is 31.1 Å². The van der Waals surface area contributed by atoms with Gasteiger partial charge in [-0.1, -0.05) is 0 Å². The third kappa shape index (κ3) is 3.77. The maximum atomic E-state index is 11.2. The number of hydrogen-bond acceptors (Lipinski definition) is 3. The lowest BCUT2D eigenvalue weighted by atomic mass is 10.1. The van der Waals surface area contributed by atoms with Crippen LogP contribution in [0.25, 0.3) is 0 Å². The first-order valence-corrected chi connectivity index (χ1v) is 7.19. The maximum absolute atomic E-state index is 11.2. The molecule has 1 aliphatic rings. The Kier molecular flexibility index (Phi) is 4.73. The van der Waals surface area contributed by atoms with Gasteiger partial charge in [0.15, 0.2) is 10.9 Å². The van der Waals surface area contributed by atoms with Crippen LogP contribution in [0, 0.1) is 0 Å². The number of morpholine rings is 1. The summed E-state index contributed by atoms with van der Waals surface area (Å²) >= 11 is 5.44. The molecule has 1 fully saturated rings. The molecule has 2 unspecified atom stereocenters. The molecular formula is C15H20N2O2S. The van der Waals surface area contributed by atoms with Crippen molar-refractivity contribution >= 4 is 28.8 Å². The second-order valence-corrected chi connectivity index (χ2v) is 5.61. The Balaban J connectivity index is 1.98. The van der Waals surface area contributed by atoms with E-state index in [1.807, 2.05) is 26.0 Å². The zero-order valence-electron chi connectivity index (χ0n) is 12.1. The van der Waals surface area contributed by atoms with E-state index < -0.39 is 0 Å². The summed E-state index contributed by atoms with van der Waals surface area (Å²) in [5.74, 6) is 0.0648. The fourth-order valence-electron chi connectivity index (χ4n) is 2.33. The molecule has 0 amide bonds. The van der Waals surface area contributed by atoms with Crippen LogP contribution in [0.15, 0.2) is 24.3 Å². The van der Waals surface area contributed by atoms with Crippen molar-refractivity contribution in [1.82, 2.24) is 4.90 Å². The zero-order valence-corrected chi connectivity index (χ0v) is 12.9. The minimum Gasteiger partial charge on any atom is -0.372 e. The molecule has 1 N–H and O–H groups in total. The number of benzene rings is 1. The van der Waals surface area contributed by atoms with E-state index in [4.69, 9.17) is 17.0 Å². The van der Waals surface area contributed by atoms with Crippen molar-refractivity contribution in [2.24, 2.45) is 0 Å². The van der Waals surface area contributed by atoms with Gasteiger partial charge in [-0.25, -0.2) is 0 Å². The fraction of sp³-hybridized carbons (Fsp3) is 0.467. The summed E-state index contributed by atoms with van der Waals surface area (Å²) < 4.78 is 5.69. The lowest BCUT2D eigenvalue weighted by Gasteiger charge is -2.36. The first-order valence-electron chi connectivity index (χ1n) is 6.78. The highest BCUT2D eigenvalue weighted by atomic mass is 32.1. The van der Waals surface area contributed by atoms with Gasteiger partial charge in [-0.3, -0.25) is 4.79 Å². The van der Waals surface area contributed by atoms with Crippen LogP contribution < -0.4 is 5.32 Å². The van der Waals surface area contributed by atoms with E-state index in [-0.39, 0.29) is 18.0 Å². The highest BCUT2D eigenvalue weighted by Gasteiger charge is 2.23. The molecule has 2 atom stereocenters.